The smallest absolute Gasteiger partial charge is 0.239 e. The van der Waals surface area contributed by atoms with Crippen LogP contribution in [-0.4, -0.2) is 43.4 Å². The van der Waals surface area contributed by atoms with E-state index in [1.165, 1.54) is 29.8 Å². The average molecular weight is 279 g/mol. The number of pyridine rings is 1. The molecule has 1 aromatic rings. The first-order valence-electron chi connectivity index (χ1n) is 7.63. The number of nitrogens with zero attached hydrogens (tertiary/aromatic N) is 3. The molecule has 106 valence electrons. The van der Waals surface area contributed by atoms with Gasteiger partial charge in [-0.2, -0.15) is 0 Å². The first kappa shape index (κ1) is 13.1. The van der Waals surface area contributed by atoms with Gasteiger partial charge in [0.25, 0.3) is 0 Å². The third-order valence-corrected chi connectivity index (χ3v) is 5.10. The number of hydrogen-bond donors (Lipinski definition) is 0. The number of rotatable bonds is 2. The Labute approximate surface area is 126 Å². The van der Waals surface area contributed by atoms with Crippen LogP contribution in [0.2, 0.25) is 0 Å². The van der Waals surface area contributed by atoms with Crippen molar-refractivity contribution in [3.63, 3.8) is 0 Å². The summed E-state index contributed by atoms with van der Waals surface area (Å²) in [5.41, 5.74) is 1.96. The van der Waals surface area contributed by atoms with Gasteiger partial charge in [0.1, 0.15) is 0 Å². The van der Waals surface area contributed by atoms with Crippen LogP contribution in [0.4, 0.5) is 5.69 Å². The Hall–Kier alpha value is -1.62. The zero-order chi connectivity index (χ0) is 14.4. The molecule has 4 fully saturated rings. The lowest BCUT2D eigenvalue weighted by molar-refractivity contribution is -0.113. The molecule has 4 aliphatic rings. The van der Waals surface area contributed by atoms with E-state index in [1.54, 1.807) is 30.6 Å². The number of anilines is 1. The summed E-state index contributed by atoms with van der Waals surface area (Å²) in [4.78, 5) is 20.2. The monoisotopic (exact) mass is 279 g/mol. The molecule has 1 aliphatic carbocycles. The van der Waals surface area contributed by atoms with Crippen molar-refractivity contribution in [2.24, 2.45) is 17.8 Å². The summed E-state index contributed by atoms with van der Waals surface area (Å²) < 4.78 is 0. The molecular formula is C16H18BN3O. The van der Waals surface area contributed by atoms with E-state index in [2.05, 4.69) is 9.88 Å². The van der Waals surface area contributed by atoms with Crippen molar-refractivity contribution >= 4 is 19.6 Å². The molecule has 5 rings (SSSR count). The zero-order valence-electron chi connectivity index (χ0n) is 12.0. The van der Waals surface area contributed by atoms with Crippen molar-refractivity contribution in [2.75, 3.05) is 24.4 Å². The van der Waals surface area contributed by atoms with E-state index in [1.807, 2.05) is 0 Å². The molecule has 0 N–H and O–H groups in total. The third-order valence-electron chi connectivity index (χ3n) is 5.10. The summed E-state index contributed by atoms with van der Waals surface area (Å²) in [7, 11) is 5.93. The fraction of sp³-hybridized carbons (Fsp3) is 0.500. The Morgan fingerprint density at radius 3 is 2.71 bits per heavy atom. The predicted molar refractivity (Wildman–Crippen MR) is 81.7 cm³/mol. The molecule has 21 heavy (non-hydrogen) atoms. The number of amides is 1. The lowest BCUT2D eigenvalue weighted by Crippen LogP contribution is -2.54. The second kappa shape index (κ2) is 4.99. The van der Waals surface area contributed by atoms with Gasteiger partial charge in [-0.1, -0.05) is 5.57 Å². The molecule has 1 aromatic heterocycles. The predicted octanol–water partition coefficient (Wildman–Crippen LogP) is 1.40. The van der Waals surface area contributed by atoms with Crippen molar-refractivity contribution in [1.29, 1.82) is 0 Å². The number of carbonyl (C=O) groups excluding carboxylic acids is 1. The molecule has 2 radical (unpaired) electrons. The van der Waals surface area contributed by atoms with Gasteiger partial charge in [-0.25, -0.2) is 0 Å². The van der Waals surface area contributed by atoms with E-state index in [4.69, 9.17) is 7.98 Å². The highest BCUT2D eigenvalue weighted by Gasteiger charge is 2.44. The number of carbonyl (C=O) groups is 1. The van der Waals surface area contributed by atoms with Crippen molar-refractivity contribution in [3.8, 4) is 0 Å². The van der Waals surface area contributed by atoms with Crippen LogP contribution < -0.4 is 4.81 Å². The van der Waals surface area contributed by atoms with Crippen LogP contribution in [0.25, 0.3) is 0 Å². The molecule has 2 atom stereocenters. The van der Waals surface area contributed by atoms with Gasteiger partial charge in [-0.3, -0.25) is 9.78 Å². The van der Waals surface area contributed by atoms with E-state index < -0.39 is 0 Å². The third kappa shape index (κ3) is 2.29. The maximum atomic E-state index is 12.4. The van der Waals surface area contributed by atoms with E-state index >= 15 is 0 Å². The normalized spacial score (nSPS) is 33.0. The van der Waals surface area contributed by atoms with Gasteiger partial charge in [0.15, 0.2) is 0 Å². The quantitative estimate of drug-likeness (QED) is 0.606. The van der Waals surface area contributed by atoms with E-state index in [9.17, 15) is 4.79 Å². The SMILES string of the molecule is [B]N(C(=O)C=C1C2CC3CC1CN(C3)C2)c1cccnc1. The van der Waals surface area contributed by atoms with Gasteiger partial charge >= 0.3 is 0 Å². The first-order valence-corrected chi connectivity index (χ1v) is 7.63. The maximum absolute atomic E-state index is 12.4. The standard InChI is InChI=1S/C16H18BN3O/c17-20(14-2-1-3-18-7-14)16(21)6-15-12-4-11-5-13(15)10-19(8-11)9-12/h1-3,6-7,11-13H,4-5,8-10H2. The van der Waals surface area contributed by atoms with Crippen LogP contribution in [0, 0.1) is 17.8 Å². The Bertz CT molecular complexity index is 556. The fourth-order valence-electron chi connectivity index (χ4n) is 4.30. The summed E-state index contributed by atoms with van der Waals surface area (Å²) in [6, 6.07) is 3.58. The molecule has 4 heterocycles. The molecule has 2 unspecified atom stereocenters. The topological polar surface area (TPSA) is 36.4 Å². The van der Waals surface area contributed by atoms with Gasteiger partial charge in [0, 0.05) is 43.8 Å². The number of piperidine rings is 3. The molecule has 1 saturated carbocycles. The van der Waals surface area contributed by atoms with Gasteiger partial charge < -0.3 is 9.71 Å². The van der Waals surface area contributed by atoms with E-state index in [-0.39, 0.29) is 5.91 Å². The molecule has 4 bridgehead atoms. The van der Waals surface area contributed by atoms with Crippen molar-refractivity contribution in [1.82, 2.24) is 9.88 Å². The molecule has 0 spiro atoms. The van der Waals surface area contributed by atoms with Gasteiger partial charge in [-0.15, -0.1) is 0 Å². The van der Waals surface area contributed by atoms with Crippen molar-refractivity contribution in [2.45, 2.75) is 12.8 Å². The maximum Gasteiger partial charge on any atom is 0.239 e. The lowest BCUT2D eigenvalue weighted by atomic mass is 9.65. The highest BCUT2D eigenvalue weighted by atomic mass is 16.2. The van der Waals surface area contributed by atoms with Crippen LogP contribution >= 0.6 is 0 Å². The molecule has 1 amide bonds. The zero-order valence-corrected chi connectivity index (χ0v) is 12.0. The second-order valence-electron chi connectivity index (χ2n) is 6.51. The highest BCUT2D eigenvalue weighted by molar-refractivity contribution is 6.33. The lowest BCUT2D eigenvalue weighted by Gasteiger charge is -2.53. The molecule has 3 saturated heterocycles. The largest absolute Gasteiger partial charge is 0.364 e. The Morgan fingerprint density at radius 2 is 2.10 bits per heavy atom. The second-order valence-corrected chi connectivity index (χ2v) is 6.51. The fourth-order valence-corrected chi connectivity index (χ4v) is 4.30. The van der Waals surface area contributed by atoms with E-state index in [0.29, 0.717) is 17.5 Å². The Kier molecular flexibility index (Phi) is 3.10. The van der Waals surface area contributed by atoms with Crippen molar-refractivity contribution < 1.29 is 4.79 Å². The van der Waals surface area contributed by atoms with Crippen LogP contribution in [0.5, 0.6) is 0 Å². The number of aromatic nitrogens is 1. The Balaban J connectivity index is 1.56. The van der Waals surface area contributed by atoms with Gasteiger partial charge in [0.05, 0.1) is 0 Å². The van der Waals surface area contributed by atoms with Gasteiger partial charge in [0.2, 0.25) is 13.9 Å². The van der Waals surface area contributed by atoms with E-state index in [0.717, 1.165) is 19.0 Å². The highest BCUT2D eigenvalue weighted by Crippen LogP contribution is 2.46. The molecule has 0 aromatic carbocycles. The molecule has 3 aliphatic heterocycles. The minimum absolute atomic E-state index is 0.138. The molecule has 4 nitrogen and oxygen atoms in total. The van der Waals surface area contributed by atoms with Crippen LogP contribution in [0.15, 0.2) is 36.2 Å². The summed E-state index contributed by atoms with van der Waals surface area (Å²) in [6.45, 7) is 3.49. The Morgan fingerprint density at radius 1 is 1.33 bits per heavy atom. The summed E-state index contributed by atoms with van der Waals surface area (Å²) >= 11 is 0. The van der Waals surface area contributed by atoms with Crippen molar-refractivity contribution in [3.05, 3.63) is 36.2 Å². The van der Waals surface area contributed by atoms with Crippen LogP contribution in [-0.2, 0) is 4.79 Å². The summed E-state index contributed by atoms with van der Waals surface area (Å²) in [6.07, 6.45) is 7.56. The minimum atomic E-state index is -0.138. The van der Waals surface area contributed by atoms with Crippen LogP contribution in [0.1, 0.15) is 12.8 Å². The summed E-state index contributed by atoms with van der Waals surface area (Å²) in [5, 5.41) is 0. The van der Waals surface area contributed by atoms with Gasteiger partial charge in [-0.05, 0) is 42.7 Å². The minimum Gasteiger partial charge on any atom is -0.364 e. The molecule has 5 heteroatoms. The average Bonchev–Trinajstić information content (AvgIpc) is 2.50. The first-order chi connectivity index (χ1) is 10.2. The summed E-state index contributed by atoms with van der Waals surface area (Å²) in [5.74, 6) is 1.81. The number of hydrogen-bond acceptors (Lipinski definition) is 3. The van der Waals surface area contributed by atoms with Crippen LogP contribution in [0.3, 0.4) is 0 Å². The molecular weight excluding hydrogens is 261 g/mol.